The molecule has 138 valence electrons. The second-order valence-corrected chi connectivity index (χ2v) is 6.14. The van der Waals surface area contributed by atoms with Gasteiger partial charge in [0.2, 0.25) is 0 Å². The minimum absolute atomic E-state index is 0.00876. The number of amides is 1. The Morgan fingerprint density at radius 3 is 2.63 bits per heavy atom. The highest BCUT2D eigenvalue weighted by atomic mass is 16.5. The van der Waals surface area contributed by atoms with Crippen molar-refractivity contribution in [3.63, 3.8) is 0 Å². The van der Waals surface area contributed by atoms with Crippen molar-refractivity contribution in [3.05, 3.63) is 53.6 Å². The van der Waals surface area contributed by atoms with Crippen LogP contribution in [0.1, 0.15) is 22.3 Å². The van der Waals surface area contributed by atoms with Crippen molar-refractivity contribution in [2.45, 2.75) is 12.0 Å². The van der Waals surface area contributed by atoms with Crippen molar-refractivity contribution in [2.75, 3.05) is 25.7 Å². The Balaban J connectivity index is 2.01. The van der Waals surface area contributed by atoms with Gasteiger partial charge in [-0.1, -0.05) is 24.1 Å². The highest BCUT2D eigenvalue weighted by molar-refractivity contribution is 6.11. The van der Waals surface area contributed by atoms with Gasteiger partial charge in [0.1, 0.15) is 11.5 Å². The number of methoxy groups -OCH3 is 2. The first-order chi connectivity index (χ1) is 13.0. The first-order valence-corrected chi connectivity index (χ1v) is 8.28. The minimum atomic E-state index is -1.99. The van der Waals surface area contributed by atoms with E-state index in [1.807, 2.05) is 0 Å². The molecule has 6 heteroatoms. The molecule has 1 heterocycles. The number of fused-ring (bicyclic) bond motifs is 1. The van der Waals surface area contributed by atoms with Gasteiger partial charge in [-0.2, -0.15) is 0 Å². The predicted octanol–water partition coefficient (Wildman–Crippen LogP) is 2.14. The predicted molar refractivity (Wildman–Crippen MR) is 100 cm³/mol. The number of hydrogen-bond donors (Lipinski definition) is 1. The third-order valence-corrected chi connectivity index (χ3v) is 4.61. The van der Waals surface area contributed by atoms with Crippen molar-refractivity contribution in [2.24, 2.45) is 0 Å². The summed E-state index contributed by atoms with van der Waals surface area (Å²) in [5, 5.41) is 11.2. The molecule has 0 saturated carbocycles. The molecule has 1 aliphatic rings. The minimum Gasteiger partial charge on any atom is -0.497 e. The van der Waals surface area contributed by atoms with E-state index in [-0.39, 0.29) is 12.1 Å². The Labute approximate surface area is 157 Å². The Morgan fingerprint density at radius 2 is 1.96 bits per heavy atom. The zero-order valence-corrected chi connectivity index (χ0v) is 15.1. The second kappa shape index (κ2) is 7.14. The maximum absolute atomic E-state index is 13.0. The summed E-state index contributed by atoms with van der Waals surface area (Å²) in [5.74, 6) is 2.16. The van der Waals surface area contributed by atoms with Crippen LogP contribution in [0.15, 0.2) is 42.5 Å². The molecule has 1 atom stereocenters. The number of rotatable bonds is 6. The summed E-state index contributed by atoms with van der Waals surface area (Å²) in [4.78, 5) is 27.2. The van der Waals surface area contributed by atoms with Crippen LogP contribution in [0, 0.1) is 12.3 Å². The molecule has 0 saturated heterocycles. The Morgan fingerprint density at radius 1 is 1.22 bits per heavy atom. The number of ketones is 1. The van der Waals surface area contributed by atoms with Gasteiger partial charge < -0.3 is 14.6 Å². The summed E-state index contributed by atoms with van der Waals surface area (Å²) in [6.07, 6.45) is 4.92. The number of nitrogens with zero attached hydrogens (tertiary/aromatic N) is 1. The number of ether oxygens (including phenoxy) is 2. The molecule has 6 nitrogen and oxygen atoms in total. The van der Waals surface area contributed by atoms with Gasteiger partial charge >= 0.3 is 0 Å². The van der Waals surface area contributed by atoms with Crippen LogP contribution in [0.4, 0.5) is 5.69 Å². The topological polar surface area (TPSA) is 76.1 Å². The van der Waals surface area contributed by atoms with Crippen LogP contribution >= 0.6 is 0 Å². The Hall–Kier alpha value is -3.30. The van der Waals surface area contributed by atoms with Crippen LogP contribution in [0.5, 0.6) is 11.5 Å². The van der Waals surface area contributed by atoms with Gasteiger partial charge in [0, 0.05) is 5.56 Å². The molecule has 0 aromatic heterocycles. The highest BCUT2D eigenvalue weighted by Gasteiger charge is 2.50. The maximum Gasteiger partial charge on any atom is 0.265 e. The molecular weight excluding hydrogens is 346 g/mol. The van der Waals surface area contributed by atoms with Crippen LogP contribution < -0.4 is 14.4 Å². The number of terminal acetylenes is 1. The monoisotopic (exact) mass is 365 g/mol. The summed E-state index contributed by atoms with van der Waals surface area (Å²) in [7, 11) is 2.93. The van der Waals surface area contributed by atoms with Crippen molar-refractivity contribution in [3.8, 4) is 23.8 Å². The van der Waals surface area contributed by atoms with Gasteiger partial charge in [-0.15, -0.1) is 6.42 Å². The molecule has 1 aliphatic heterocycles. The van der Waals surface area contributed by atoms with E-state index >= 15 is 0 Å². The summed E-state index contributed by atoms with van der Waals surface area (Å²) in [6, 6.07) is 11.6. The molecule has 27 heavy (non-hydrogen) atoms. The third-order valence-electron chi connectivity index (χ3n) is 4.61. The average molecular weight is 365 g/mol. The van der Waals surface area contributed by atoms with Gasteiger partial charge in [0.05, 0.1) is 38.4 Å². The number of benzene rings is 2. The molecule has 0 unspecified atom stereocenters. The molecule has 3 rings (SSSR count). The Bertz CT molecular complexity index is 946. The number of Topliss-reactive ketones (excluding diaryl/α,β-unsaturated/α-hetero) is 1. The van der Waals surface area contributed by atoms with Crippen LogP contribution in [-0.2, 0) is 10.4 Å². The Kier molecular flexibility index (Phi) is 4.89. The quantitative estimate of drug-likeness (QED) is 0.627. The number of carbonyl (C=O) groups is 2. The third kappa shape index (κ3) is 3.03. The van der Waals surface area contributed by atoms with E-state index in [2.05, 4.69) is 5.92 Å². The molecule has 1 N–H and O–H groups in total. The summed E-state index contributed by atoms with van der Waals surface area (Å²) in [5.41, 5.74) is -0.890. The van der Waals surface area contributed by atoms with Gasteiger partial charge in [0.25, 0.3) is 5.91 Å². The van der Waals surface area contributed by atoms with Crippen molar-refractivity contribution in [1.82, 2.24) is 0 Å². The summed E-state index contributed by atoms with van der Waals surface area (Å²) in [6.45, 7) is 0.00876. The molecule has 2 aromatic rings. The molecule has 0 bridgehead atoms. The van der Waals surface area contributed by atoms with Gasteiger partial charge in [-0.25, -0.2) is 0 Å². The standard InChI is InChI=1S/C21H19NO5/c1-4-11-22-17-8-6-5-7-16(17)21(25,20(22)24)13-18(23)15-12-14(26-2)9-10-19(15)27-3/h1,5-10,12,25H,11,13H2,2-3H3/t21-/m1/s1. The molecule has 0 radical (unpaired) electrons. The van der Waals surface area contributed by atoms with Gasteiger partial charge in [0.15, 0.2) is 11.4 Å². The van der Waals surface area contributed by atoms with E-state index in [0.29, 0.717) is 22.7 Å². The lowest BCUT2D eigenvalue weighted by atomic mass is 9.88. The summed E-state index contributed by atoms with van der Waals surface area (Å²) >= 11 is 0. The fourth-order valence-corrected chi connectivity index (χ4v) is 3.29. The van der Waals surface area contributed by atoms with E-state index < -0.39 is 23.7 Å². The molecule has 0 aliphatic carbocycles. The number of hydrogen-bond acceptors (Lipinski definition) is 5. The number of anilines is 1. The summed E-state index contributed by atoms with van der Waals surface area (Å²) < 4.78 is 10.4. The van der Waals surface area contributed by atoms with Crippen molar-refractivity contribution in [1.29, 1.82) is 0 Å². The van der Waals surface area contributed by atoms with E-state index in [0.717, 1.165) is 0 Å². The molecular formula is C21H19NO5. The lowest BCUT2D eigenvalue weighted by Crippen LogP contribution is -2.42. The lowest BCUT2D eigenvalue weighted by molar-refractivity contribution is -0.135. The lowest BCUT2D eigenvalue weighted by Gasteiger charge is -2.22. The number of para-hydroxylation sites is 1. The smallest absolute Gasteiger partial charge is 0.265 e. The van der Waals surface area contributed by atoms with E-state index in [1.165, 1.54) is 25.2 Å². The van der Waals surface area contributed by atoms with E-state index in [4.69, 9.17) is 15.9 Å². The first kappa shape index (κ1) is 18.5. The molecule has 1 amide bonds. The van der Waals surface area contributed by atoms with Gasteiger partial charge in [-0.3, -0.25) is 14.5 Å². The van der Waals surface area contributed by atoms with Crippen molar-refractivity contribution < 1.29 is 24.2 Å². The van der Waals surface area contributed by atoms with Crippen LogP contribution in [-0.4, -0.2) is 37.6 Å². The highest BCUT2D eigenvalue weighted by Crippen LogP contribution is 2.43. The zero-order valence-electron chi connectivity index (χ0n) is 15.1. The molecule has 2 aromatic carbocycles. The van der Waals surface area contributed by atoms with E-state index in [1.54, 1.807) is 36.4 Å². The average Bonchev–Trinajstić information content (AvgIpc) is 2.90. The number of carbonyl (C=O) groups excluding carboxylic acids is 2. The van der Waals surface area contributed by atoms with Crippen LogP contribution in [0.2, 0.25) is 0 Å². The fraction of sp³-hybridized carbons (Fsp3) is 0.238. The maximum atomic E-state index is 13.0. The molecule has 0 fully saturated rings. The molecule has 0 spiro atoms. The van der Waals surface area contributed by atoms with Gasteiger partial charge in [-0.05, 0) is 24.3 Å². The second-order valence-electron chi connectivity index (χ2n) is 6.14. The largest absolute Gasteiger partial charge is 0.497 e. The zero-order chi connectivity index (χ0) is 19.6. The van der Waals surface area contributed by atoms with Crippen molar-refractivity contribution >= 4 is 17.4 Å². The normalized spacial score (nSPS) is 18.0. The SMILES string of the molecule is C#CCN1C(=O)[C@@](O)(CC(=O)c2cc(OC)ccc2OC)c2ccccc21. The van der Waals surface area contributed by atoms with Crippen LogP contribution in [0.3, 0.4) is 0 Å². The fourth-order valence-electron chi connectivity index (χ4n) is 3.29. The van der Waals surface area contributed by atoms with E-state index in [9.17, 15) is 14.7 Å². The van der Waals surface area contributed by atoms with Crippen LogP contribution in [0.25, 0.3) is 0 Å². The first-order valence-electron chi connectivity index (χ1n) is 8.28. The number of aliphatic hydroxyl groups is 1.